The third kappa shape index (κ3) is 4.68. The zero-order valence-electron chi connectivity index (χ0n) is 15.8. The van der Waals surface area contributed by atoms with Gasteiger partial charge in [-0.1, -0.05) is 48.3 Å². The predicted octanol–water partition coefficient (Wildman–Crippen LogP) is 5.29. The number of anilines is 1. The Kier molecular flexibility index (Phi) is 6.97. The molecule has 1 amide bonds. The van der Waals surface area contributed by atoms with Gasteiger partial charge in [-0.15, -0.1) is 0 Å². The molecule has 2 aromatic carbocycles. The Balaban J connectivity index is 1.86. The van der Waals surface area contributed by atoms with Crippen LogP contribution in [0, 0.1) is 17.7 Å². The van der Waals surface area contributed by atoms with Gasteiger partial charge >= 0.3 is 0 Å². The quantitative estimate of drug-likeness (QED) is 0.685. The number of aryl methyl sites for hydroxylation is 1. The van der Waals surface area contributed by atoms with Gasteiger partial charge in [0, 0.05) is 19.1 Å². The van der Waals surface area contributed by atoms with E-state index < -0.39 is 0 Å². The number of carbonyl (C=O) groups is 1. The van der Waals surface area contributed by atoms with E-state index in [1.54, 1.807) is 29.2 Å². The highest BCUT2D eigenvalue weighted by atomic mass is 35.5. The van der Waals surface area contributed by atoms with Crippen LogP contribution in [0.3, 0.4) is 0 Å². The number of benzene rings is 2. The second kappa shape index (κ2) is 9.25. The highest BCUT2D eigenvalue weighted by molar-refractivity contribution is 6.40. The number of piperidine rings is 1. The van der Waals surface area contributed by atoms with Crippen molar-refractivity contribution in [1.29, 1.82) is 0 Å². The number of hydrogen-bond donors (Lipinski definition) is 1. The van der Waals surface area contributed by atoms with Crippen molar-refractivity contribution in [2.24, 2.45) is 11.8 Å². The minimum Gasteiger partial charge on any atom is -0.396 e. The third-order valence-electron chi connectivity index (χ3n) is 5.25. The van der Waals surface area contributed by atoms with Crippen LogP contribution in [0.1, 0.15) is 30.9 Å². The van der Waals surface area contributed by atoms with Crippen LogP contribution in [-0.4, -0.2) is 24.2 Å². The van der Waals surface area contributed by atoms with Crippen molar-refractivity contribution in [3.05, 3.63) is 63.4 Å². The standard InChI is InChI=1S/C22H24Cl2FNO2/c1-14-9-16(10-17-6-2-3-7-20(17)25)13-26(22(14)28)21-18(23)11-15(5-4-8-27)12-19(21)24/h2-3,6-7,11-12,14,16,27H,4-5,8-10,13H2,1H3/t14-,16-/m1/s1. The number of aliphatic hydroxyl groups excluding tert-OH is 1. The van der Waals surface area contributed by atoms with Crippen LogP contribution < -0.4 is 4.90 Å². The molecule has 0 aliphatic carbocycles. The molecule has 1 fully saturated rings. The number of halogens is 3. The molecule has 28 heavy (non-hydrogen) atoms. The molecular weight excluding hydrogens is 400 g/mol. The predicted molar refractivity (Wildman–Crippen MR) is 112 cm³/mol. The van der Waals surface area contributed by atoms with Crippen LogP contribution in [0.4, 0.5) is 10.1 Å². The van der Waals surface area contributed by atoms with Crippen molar-refractivity contribution in [3.63, 3.8) is 0 Å². The van der Waals surface area contributed by atoms with Crippen molar-refractivity contribution in [2.75, 3.05) is 18.1 Å². The van der Waals surface area contributed by atoms with Crippen molar-refractivity contribution in [3.8, 4) is 0 Å². The molecule has 0 spiro atoms. The maximum atomic E-state index is 14.1. The van der Waals surface area contributed by atoms with Gasteiger partial charge in [0.05, 0.1) is 15.7 Å². The van der Waals surface area contributed by atoms with Gasteiger partial charge in [-0.3, -0.25) is 4.79 Å². The van der Waals surface area contributed by atoms with E-state index in [0.29, 0.717) is 53.5 Å². The zero-order valence-corrected chi connectivity index (χ0v) is 17.3. The number of nitrogens with zero attached hydrogens (tertiary/aromatic N) is 1. The van der Waals surface area contributed by atoms with Crippen LogP contribution in [-0.2, 0) is 17.6 Å². The van der Waals surface area contributed by atoms with Gasteiger partial charge in [0.1, 0.15) is 5.82 Å². The van der Waals surface area contributed by atoms with Crippen molar-refractivity contribution < 1.29 is 14.3 Å². The minimum absolute atomic E-state index is 0.0170. The largest absolute Gasteiger partial charge is 0.396 e. The van der Waals surface area contributed by atoms with Crippen LogP contribution in [0.2, 0.25) is 10.0 Å². The number of aliphatic hydroxyl groups is 1. The molecule has 2 aromatic rings. The van der Waals surface area contributed by atoms with E-state index in [-0.39, 0.29) is 30.2 Å². The molecule has 1 heterocycles. The van der Waals surface area contributed by atoms with E-state index in [1.165, 1.54) is 6.07 Å². The minimum atomic E-state index is -0.220. The Hall–Kier alpha value is -1.62. The van der Waals surface area contributed by atoms with Crippen molar-refractivity contribution in [2.45, 2.75) is 32.6 Å². The monoisotopic (exact) mass is 423 g/mol. The number of amides is 1. The van der Waals surface area contributed by atoms with Crippen LogP contribution in [0.15, 0.2) is 36.4 Å². The lowest BCUT2D eigenvalue weighted by atomic mass is 9.85. The normalized spacial score (nSPS) is 19.9. The van der Waals surface area contributed by atoms with E-state index >= 15 is 0 Å². The van der Waals surface area contributed by atoms with Crippen LogP contribution >= 0.6 is 23.2 Å². The first kappa shape index (κ1) is 21.1. The van der Waals surface area contributed by atoms with Crippen LogP contribution in [0.25, 0.3) is 0 Å². The van der Waals surface area contributed by atoms with Gasteiger partial charge < -0.3 is 10.0 Å². The Bertz CT molecular complexity index is 835. The van der Waals surface area contributed by atoms with Crippen molar-refractivity contribution in [1.82, 2.24) is 0 Å². The molecule has 1 saturated heterocycles. The molecule has 1 N–H and O–H groups in total. The molecule has 3 rings (SSSR count). The summed E-state index contributed by atoms with van der Waals surface area (Å²) in [7, 11) is 0. The molecule has 6 heteroatoms. The summed E-state index contributed by atoms with van der Waals surface area (Å²) in [6.07, 6.45) is 2.55. The summed E-state index contributed by atoms with van der Waals surface area (Å²) in [5, 5.41) is 9.86. The van der Waals surface area contributed by atoms with Gasteiger partial charge in [-0.2, -0.15) is 0 Å². The summed E-state index contributed by atoms with van der Waals surface area (Å²) in [6.45, 7) is 2.43. The molecule has 3 nitrogen and oxygen atoms in total. The Morgan fingerprint density at radius 3 is 2.54 bits per heavy atom. The summed E-state index contributed by atoms with van der Waals surface area (Å²) in [5.74, 6) is -0.308. The highest BCUT2D eigenvalue weighted by Gasteiger charge is 2.34. The van der Waals surface area contributed by atoms with Gasteiger partial charge in [0.2, 0.25) is 5.91 Å². The fourth-order valence-electron chi connectivity index (χ4n) is 3.92. The lowest BCUT2D eigenvalue weighted by Gasteiger charge is -2.37. The van der Waals surface area contributed by atoms with Gasteiger partial charge in [0.15, 0.2) is 0 Å². The first-order valence-corrected chi connectivity index (χ1v) is 10.3. The molecular formula is C22H24Cl2FNO2. The number of carbonyl (C=O) groups excluding carboxylic acids is 1. The first-order valence-electron chi connectivity index (χ1n) is 9.54. The summed E-state index contributed by atoms with van der Waals surface area (Å²) in [5.41, 5.74) is 2.10. The Morgan fingerprint density at radius 2 is 1.89 bits per heavy atom. The second-order valence-corrected chi connectivity index (χ2v) is 8.30. The van der Waals surface area contributed by atoms with Gasteiger partial charge in [-0.25, -0.2) is 4.39 Å². The summed E-state index contributed by atoms with van der Waals surface area (Å²) < 4.78 is 14.1. The first-order chi connectivity index (χ1) is 13.4. The molecule has 0 saturated carbocycles. The molecule has 1 aliphatic heterocycles. The molecule has 0 aromatic heterocycles. The lowest BCUT2D eigenvalue weighted by molar-refractivity contribution is -0.124. The SMILES string of the molecule is C[C@@H]1C[C@H](Cc2ccccc2F)CN(c2c(Cl)cc(CCCO)cc2Cl)C1=O. The molecule has 150 valence electrons. The van der Waals surface area contributed by atoms with E-state index in [1.807, 2.05) is 13.0 Å². The molecule has 0 unspecified atom stereocenters. The molecule has 1 aliphatic rings. The molecule has 0 bridgehead atoms. The van der Waals surface area contributed by atoms with E-state index in [0.717, 1.165) is 5.56 Å². The Morgan fingerprint density at radius 1 is 1.21 bits per heavy atom. The maximum absolute atomic E-state index is 14.1. The fraction of sp³-hybridized carbons (Fsp3) is 0.409. The second-order valence-electron chi connectivity index (χ2n) is 7.48. The van der Waals surface area contributed by atoms with E-state index in [9.17, 15) is 9.18 Å². The maximum Gasteiger partial charge on any atom is 0.229 e. The average Bonchev–Trinajstić information content (AvgIpc) is 2.65. The molecule has 0 radical (unpaired) electrons. The Labute approximate surface area is 175 Å². The van der Waals surface area contributed by atoms with Crippen molar-refractivity contribution >= 4 is 34.8 Å². The average molecular weight is 424 g/mol. The fourth-order valence-corrected chi connectivity index (χ4v) is 4.65. The smallest absolute Gasteiger partial charge is 0.229 e. The van der Waals surface area contributed by atoms with Gasteiger partial charge in [-0.05, 0) is 60.9 Å². The number of hydrogen-bond acceptors (Lipinski definition) is 2. The van der Waals surface area contributed by atoms with E-state index in [4.69, 9.17) is 28.3 Å². The van der Waals surface area contributed by atoms with Crippen LogP contribution in [0.5, 0.6) is 0 Å². The topological polar surface area (TPSA) is 40.5 Å². The summed E-state index contributed by atoms with van der Waals surface area (Å²) in [6, 6.07) is 10.4. The highest BCUT2D eigenvalue weighted by Crippen LogP contribution is 2.39. The summed E-state index contributed by atoms with van der Waals surface area (Å²) >= 11 is 13.0. The van der Waals surface area contributed by atoms with E-state index in [2.05, 4.69) is 0 Å². The number of rotatable bonds is 6. The lowest BCUT2D eigenvalue weighted by Crippen LogP contribution is -2.45. The third-order valence-corrected chi connectivity index (χ3v) is 5.83. The summed E-state index contributed by atoms with van der Waals surface area (Å²) in [4.78, 5) is 14.5. The molecule has 2 atom stereocenters. The van der Waals surface area contributed by atoms with Gasteiger partial charge in [0.25, 0.3) is 0 Å². The zero-order chi connectivity index (χ0) is 20.3.